The van der Waals surface area contributed by atoms with Crippen LogP contribution in [0, 0.1) is 0 Å². The SMILES string of the molecule is CCOCC(OC)(OCC)S(=O)(=O)CC. The van der Waals surface area contributed by atoms with Crippen molar-refractivity contribution in [3.05, 3.63) is 0 Å². The van der Waals surface area contributed by atoms with Gasteiger partial charge in [-0.05, 0) is 13.8 Å². The van der Waals surface area contributed by atoms with Gasteiger partial charge in [-0.3, -0.25) is 0 Å². The molecular formula is C9H20O5S. The van der Waals surface area contributed by atoms with Gasteiger partial charge in [0.25, 0.3) is 5.12 Å². The Bertz CT molecular complexity index is 262. The van der Waals surface area contributed by atoms with Crippen molar-refractivity contribution < 1.29 is 22.6 Å². The van der Waals surface area contributed by atoms with Crippen molar-refractivity contribution in [2.45, 2.75) is 25.9 Å². The fourth-order valence-electron chi connectivity index (χ4n) is 1.13. The number of sulfone groups is 1. The van der Waals surface area contributed by atoms with Gasteiger partial charge in [-0.1, -0.05) is 6.92 Å². The van der Waals surface area contributed by atoms with Gasteiger partial charge in [0.2, 0.25) is 9.84 Å². The number of rotatable bonds is 8. The lowest BCUT2D eigenvalue weighted by atomic mass is 10.6. The molecule has 0 amide bonds. The van der Waals surface area contributed by atoms with E-state index in [4.69, 9.17) is 14.2 Å². The van der Waals surface area contributed by atoms with Gasteiger partial charge in [0.15, 0.2) is 0 Å². The van der Waals surface area contributed by atoms with Crippen LogP contribution in [0.4, 0.5) is 0 Å². The standard InChI is InChI=1S/C9H20O5S/c1-5-13-8-9(12-4,14-6-2)15(10,11)7-3/h5-8H2,1-4H3. The Morgan fingerprint density at radius 3 is 2.07 bits per heavy atom. The summed E-state index contributed by atoms with van der Waals surface area (Å²) in [5.41, 5.74) is 0. The van der Waals surface area contributed by atoms with Crippen LogP contribution in [0.2, 0.25) is 0 Å². The molecule has 1 atom stereocenters. The molecule has 5 nitrogen and oxygen atoms in total. The summed E-state index contributed by atoms with van der Waals surface area (Å²) in [5.74, 6) is -0.0477. The zero-order valence-corrected chi connectivity index (χ0v) is 10.6. The smallest absolute Gasteiger partial charge is 0.297 e. The van der Waals surface area contributed by atoms with Crippen LogP contribution in [0.25, 0.3) is 0 Å². The maximum absolute atomic E-state index is 11.8. The van der Waals surface area contributed by atoms with Crippen molar-refractivity contribution in [1.82, 2.24) is 0 Å². The molecule has 0 fully saturated rings. The molecule has 1 unspecified atom stereocenters. The molecule has 0 aromatic rings. The zero-order chi connectivity index (χ0) is 11.9. The molecule has 0 radical (unpaired) electrons. The summed E-state index contributed by atoms with van der Waals surface area (Å²) < 4.78 is 38.9. The van der Waals surface area contributed by atoms with Crippen LogP contribution >= 0.6 is 0 Å². The second-order valence-corrected chi connectivity index (χ2v) is 5.29. The van der Waals surface area contributed by atoms with E-state index in [0.717, 1.165) is 0 Å². The average molecular weight is 240 g/mol. The van der Waals surface area contributed by atoms with Crippen LogP contribution in [0.5, 0.6) is 0 Å². The second kappa shape index (κ2) is 6.42. The first kappa shape index (κ1) is 14.8. The first-order chi connectivity index (χ1) is 6.99. The van der Waals surface area contributed by atoms with E-state index in [2.05, 4.69) is 0 Å². The number of methoxy groups -OCH3 is 1. The second-order valence-electron chi connectivity index (χ2n) is 2.86. The topological polar surface area (TPSA) is 61.8 Å². The monoisotopic (exact) mass is 240 g/mol. The van der Waals surface area contributed by atoms with Crippen LogP contribution in [0.1, 0.15) is 20.8 Å². The van der Waals surface area contributed by atoms with E-state index in [1.165, 1.54) is 7.11 Å². The Balaban J connectivity index is 4.96. The summed E-state index contributed by atoms with van der Waals surface area (Å²) in [6.07, 6.45) is 0. The minimum atomic E-state index is -3.48. The van der Waals surface area contributed by atoms with Gasteiger partial charge in [0, 0.05) is 20.3 Å². The van der Waals surface area contributed by atoms with E-state index in [9.17, 15) is 8.42 Å². The highest BCUT2D eigenvalue weighted by molar-refractivity contribution is 7.92. The summed E-state index contributed by atoms with van der Waals surface area (Å²) >= 11 is 0. The van der Waals surface area contributed by atoms with Gasteiger partial charge in [0.05, 0.1) is 5.75 Å². The molecular weight excluding hydrogens is 220 g/mol. The largest absolute Gasteiger partial charge is 0.375 e. The molecule has 92 valence electrons. The third-order valence-corrected chi connectivity index (χ3v) is 4.12. The molecule has 15 heavy (non-hydrogen) atoms. The van der Waals surface area contributed by atoms with Crippen LogP contribution < -0.4 is 0 Å². The van der Waals surface area contributed by atoms with Crippen molar-refractivity contribution >= 4 is 9.84 Å². The lowest BCUT2D eigenvalue weighted by Crippen LogP contribution is -2.48. The van der Waals surface area contributed by atoms with Crippen molar-refractivity contribution in [3.8, 4) is 0 Å². The van der Waals surface area contributed by atoms with Crippen LogP contribution in [-0.4, -0.2) is 46.2 Å². The molecule has 0 rings (SSSR count). The Morgan fingerprint density at radius 2 is 1.73 bits per heavy atom. The Kier molecular flexibility index (Phi) is 6.35. The van der Waals surface area contributed by atoms with Crippen LogP contribution in [-0.2, 0) is 24.0 Å². The maximum atomic E-state index is 11.8. The molecule has 0 bridgehead atoms. The highest BCUT2D eigenvalue weighted by atomic mass is 32.2. The normalized spacial score (nSPS) is 16.3. The minimum Gasteiger partial charge on any atom is -0.375 e. The molecule has 0 aliphatic heterocycles. The van der Waals surface area contributed by atoms with Crippen molar-refractivity contribution in [3.63, 3.8) is 0 Å². The third-order valence-electron chi connectivity index (χ3n) is 2.01. The lowest BCUT2D eigenvalue weighted by Gasteiger charge is -2.30. The van der Waals surface area contributed by atoms with E-state index in [0.29, 0.717) is 6.61 Å². The fraction of sp³-hybridized carbons (Fsp3) is 1.00. The predicted molar refractivity (Wildman–Crippen MR) is 57.3 cm³/mol. The quantitative estimate of drug-likeness (QED) is 0.587. The van der Waals surface area contributed by atoms with E-state index in [1.54, 1.807) is 20.8 Å². The Labute approximate surface area is 91.6 Å². The van der Waals surface area contributed by atoms with Gasteiger partial charge < -0.3 is 14.2 Å². The minimum absolute atomic E-state index is 0.0477. The first-order valence-electron chi connectivity index (χ1n) is 4.98. The van der Waals surface area contributed by atoms with Gasteiger partial charge in [0.1, 0.15) is 6.61 Å². The molecule has 0 aliphatic rings. The molecule has 0 heterocycles. The molecule has 0 aromatic heterocycles. The van der Waals surface area contributed by atoms with Gasteiger partial charge in [-0.15, -0.1) is 0 Å². The van der Waals surface area contributed by atoms with E-state index in [-0.39, 0.29) is 19.0 Å². The zero-order valence-electron chi connectivity index (χ0n) is 9.78. The first-order valence-corrected chi connectivity index (χ1v) is 6.64. The van der Waals surface area contributed by atoms with Gasteiger partial charge in [-0.2, -0.15) is 0 Å². The third kappa shape index (κ3) is 3.41. The van der Waals surface area contributed by atoms with Crippen molar-refractivity contribution in [2.24, 2.45) is 0 Å². The van der Waals surface area contributed by atoms with Crippen molar-refractivity contribution in [1.29, 1.82) is 0 Å². The maximum Gasteiger partial charge on any atom is 0.297 e. The summed E-state index contributed by atoms with van der Waals surface area (Å²) in [6.45, 7) is 5.60. The Morgan fingerprint density at radius 1 is 1.13 bits per heavy atom. The van der Waals surface area contributed by atoms with E-state index >= 15 is 0 Å². The number of ether oxygens (including phenoxy) is 3. The molecule has 0 N–H and O–H groups in total. The highest BCUT2D eigenvalue weighted by Crippen LogP contribution is 2.22. The average Bonchev–Trinajstić information content (AvgIpc) is 2.24. The van der Waals surface area contributed by atoms with Gasteiger partial charge in [-0.25, -0.2) is 8.42 Å². The summed E-state index contributed by atoms with van der Waals surface area (Å²) in [7, 11) is -2.17. The van der Waals surface area contributed by atoms with Crippen LogP contribution in [0.15, 0.2) is 0 Å². The summed E-state index contributed by atoms with van der Waals surface area (Å²) in [5, 5.41) is -1.66. The summed E-state index contributed by atoms with van der Waals surface area (Å²) in [4.78, 5) is 0. The van der Waals surface area contributed by atoms with E-state index in [1.807, 2.05) is 0 Å². The number of hydrogen-bond acceptors (Lipinski definition) is 5. The molecule has 0 saturated carbocycles. The van der Waals surface area contributed by atoms with Crippen LogP contribution in [0.3, 0.4) is 0 Å². The number of hydrogen-bond donors (Lipinski definition) is 0. The van der Waals surface area contributed by atoms with E-state index < -0.39 is 15.0 Å². The molecule has 0 saturated heterocycles. The molecule has 0 aliphatic carbocycles. The predicted octanol–water partition coefficient (Wildman–Crippen LogP) is 0.794. The lowest BCUT2D eigenvalue weighted by molar-refractivity contribution is -0.187. The fourth-order valence-corrected chi connectivity index (χ4v) is 2.39. The Hall–Kier alpha value is -0.170. The molecule has 6 heteroatoms. The van der Waals surface area contributed by atoms with Crippen molar-refractivity contribution in [2.75, 3.05) is 32.7 Å². The summed E-state index contributed by atoms with van der Waals surface area (Å²) in [6, 6.07) is 0. The molecule has 0 spiro atoms. The molecule has 0 aromatic carbocycles. The van der Waals surface area contributed by atoms with Gasteiger partial charge >= 0.3 is 0 Å². The highest BCUT2D eigenvalue weighted by Gasteiger charge is 2.44.